The molecule has 1 aromatic rings. The average Bonchev–Trinajstić information content (AvgIpc) is 1.94. The SMILES string of the molecule is Cc1ccccc1ON=N. The Bertz CT molecular complexity index is 235. The van der Waals surface area contributed by atoms with Gasteiger partial charge in [0.15, 0.2) is 5.75 Å². The van der Waals surface area contributed by atoms with Crippen LogP contribution in [0.15, 0.2) is 29.5 Å². The van der Waals surface area contributed by atoms with Gasteiger partial charge in [0.1, 0.15) is 0 Å². The van der Waals surface area contributed by atoms with Gasteiger partial charge in [-0.05, 0) is 18.6 Å². The summed E-state index contributed by atoms with van der Waals surface area (Å²) in [4.78, 5) is 4.63. The van der Waals surface area contributed by atoms with Crippen LogP contribution in [0.25, 0.3) is 0 Å². The molecule has 1 aromatic carbocycles. The predicted molar refractivity (Wildman–Crippen MR) is 37.0 cm³/mol. The van der Waals surface area contributed by atoms with Gasteiger partial charge in [-0.3, -0.25) is 0 Å². The van der Waals surface area contributed by atoms with Gasteiger partial charge in [-0.15, -0.1) is 0 Å². The van der Waals surface area contributed by atoms with Crippen LogP contribution in [-0.2, 0) is 0 Å². The molecule has 0 spiro atoms. The van der Waals surface area contributed by atoms with Gasteiger partial charge < -0.3 is 4.84 Å². The number of benzene rings is 1. The summed E-state index contributed by atoms with van der Waals surface area (Å²) in [5.74, 6) is 0.637. The summed E-state index contributed by atoms with van der Waals surface area (Å²) in [6, 6.07) is 7.42. The molecule has 0 unspecified atom stereocenters. The van der Waals surface area contributed by atoms with Crippen LogP contribution in [0.3, 0.4) is 0 Å². The van der Waals surface area contributed by atoms with Crippen molar-refractivity contribution in [2.24, 2.45) is 5.28 Å². The third-order valence-electron chi connectivity index (χ3n) is 1.24. The van der Waals surface area contributed by atoms with Crippen LogP contribution in [0, 0.1) is 12.5 Å². The number of hydrogen-bond donors (Lipinski definition) is 1. The molecule has 0 amide bonds. The number of hydrogen-bond acceptors (Lipinski definition) is 3. The summed E-state index contributed by atoms with van der Waals surface area (Å²) >= 11 is 0. The summed E-state index contributed by atoms with van der Waals surface area (Å²) in [6.07, 6.45) is 0. The molecule has 1 rings (SSSR count). The van der Waals surface area contributed by atoms with Crippen molar-refractivity contribution in [1.29, 1.82) is 5.53 Å². The molecule has 52 valence electrons. The second kappa shape index (κ2) is 2.96. The van der Waals surface area contributed by atoms with Gasteiger partial charge in [-0.25, -0.2) is 0 Å². The number of nitrogens with one attached hydrogen (secondary N) is 1. The largest absolute Gasteiger partial charge is 0.340 e. The highest BCUT2D eigenvalue weighted by molar-refractivity contribution is 5.31. The van der Waals surface area contributed by atoms with Gasteiger partial charge in [-0.1, -0.05) is 18.2 Å². The third-order valence-corrected chi connectivity index (χ3v) is 1.24. The molecule has 0 aliphatic heterocycles. The van der Waals surface area contributed by atoms with Gasteiger partial charge in [0.2, 0.25) is 0 Å². The first kappa shape index (κ1) is 6.74. The van der Waals surface area contributed by atoms with E-state index >= 15 is 0 Å². The van der Waals surface area contributed by atoms with Crippen molar-refractivity contribution >= 4 is 0 Å². The minimum absolute atomic E-state index is 0.637. The first-order valence-electron chi connectivity index (χ1n) is 2.94. The maximum Gasteiger partial charge on any atom is 0.162 e. The summed E-state index contributed by atoms with van der Waals surface area (Å²) in [5.41, 5.74) is 7.42. The van der Waals surface area contributed by atoms with E-state index in [1.54, 1.807) is 6.07 Å². The lowest BCUT2D eigenvalue weighted by molar-refractivity contribution is 0.296. The van der Waals surface area contributed by atoms with Crippen molar-refractivity contribution in [3.63, 3.8) is 0 Å². The molecular formula is C7H8N2O. The Balaban J connectivity index is 2.91. The normalized spacial score (nSPS) is 8.90. The molecule has 10 heavy (non-hydrogen) atoms. The molecule has 0 heterocycles. The lowest BCUT2D eigenvalue weighted by Gasteiger charge is -1.98. The van der Waals surface area contributed by atoms with Gasteiger partial charge in [0.05, 0.1) is 0 Å². The Kier molecular flexibility index (Phi) is 1.99. The van der Waals surface area contributed by atoms with Crippen molar-refractivity contribution in [3.05, 3.63) is 29.8 Å². The molecular weight excluding hydrogens is 128 g/mol. The van der Waals surface area contributed by atoms with Crippen molar-refractivity contribution in [2.75, 3.05) is 0 Å². The summed E-state index contributed by atoms with van der Waals surface area (Å²) in [7, 11) is 0. The van der Waals surface area contributed by atoms with E-state index < -0.39 is 0 Å². The highest BCUT2D eigenvalue weighted by atomic mass is 16.6. The van der Waals surface area contributed by atoms with E-state index in [0.717, 1.165) is 5.56 Å². The number of aryl methyl sites for hydroxylation is 1. The van der Waals surface area contributed by atoms with Crippen LogP contribution < -0.4 is 4.84 Å². The first-order valence-corrected chi connectivity index (χ1v) is 2.94. The van der Waals surface area contributed by atoms with E-state index in [-0.39, 0.29) is 0 Å². The van der Waals surface area contributed by atoms with Crippen molar-refractivity contribution in [2.45, 2.75) is 6.92 Å². The standard InChI is InChI=1S/C7H8N2O/c1-6-4-2-3-5-7(6)10-9-8/h2-5,8H,1H3. The summed E-state index contributed by atoms with van der Waals surface area (Å²) in [5, 5.41) is 2.82. The molecule has 0 aliphatic rings. The number of nitrogens with zero attached hydrogens (tertiary/aromatic N) is 1. The zero-order chi connectivity index (χ0) is 7.40. The summed E-state index contributed by atoms with van der Waals surface area (Å²) < 4.78 is 0. The third kappa shape index (κ3) is 1.31. The highest BCUT2D eigenvalue weighted by Crippen LogP contribution is 2.15. The van der Waals surface area contributed by atoms with Crippen LogP contribution in [0.5, 0.6) is 5.75 Å². The van der Waals surface area contributed by atoms with Crippen LogP contribution in [0.4, 0.5) is 0 Å². The smallest absolute Gasteiger partial charge is 0.162 e. The van der Waals surface area contributed by atoms with Crippen LogP contribution in [0.2, 0.25) is 0 Å². The Morgan fingerprint density at radius 1 is 1.40 bits per heavy atom. The Labute approximate surface area is 59.1 Å². The first-order chi connectivity index (χ1) is 4.84. The van der Waals surface area contributed by atoms with Gasteiger partial charge in [0.25, 0.3) is 0 Å². The zero-order valence-corrected chi connectivity index (χ0v) is 5.66. The quantitative estimate of drug-likeness (QED) is 0.492. The fourth-order valence-electron chi connectivity index (χ4n) is 0.708. The fourth-order valence-corrected chi connectivity index (χ4v) is 0.708. The number of para-hydroxylation sites is 1. The molecule has 0 aromatic heterocycles. The molecule has 0 atom stereocenters. The number of rotatable bonds is 2. The van der Waals surface area contributed by atoms with Crippen LogP contribution in [0.1, 0.15) is 5.56 Å². The maximum absolute atomic E-state index is 6.44. The second-order valence-electron chi connectivity index (χ2n) is 1.95. The molecule has 0 aliphatic carbocycles. The van der Waals surface area contributed by atoms with Gasteiger partial charge in [-0.2, -0.15) is 5.53 Å². The Morgan fingerprint density at radius 3 is 2.70 bits per heavy atom. The van der Waals surface area contributed by atoms with Crippen LogP contribution in [-0.4, -0.2) is 0 Å². The molecule has 3 heteroatoms. The Hall–Kier alpha value is -1.38. The van der Waals surface area contributed by atoms with Gasteiger partial charge >= 0.3 is 0 Å². The van der Waals surface area contributed by atoms with Crippen molar-refractivity contribution in [3.8, 4) is 5.75 Å². The van der Waals surface area contributed by atoms with E-state index in [1.165, 1.54) is 0 Å². The van der Waals surface area contributed by atoms with E-state index in [2.05, 4.69) is 10.1 Å². The monoisotopic (exact) mass is 136 g/mol. The lowest BCUT2D eigenvalue weighted by Crippen LogP contribution is -1.82. The lowest BCUT2D eigenvalue weighted by atomic mass is 10.2. The highest BCUT2D eigenvalue weighted by Gasteiger charge is 1.94. The molecule has 3 nitrogen and oxygen atoms in total. The molecule has 0 bridgehead atoms. The molecule has 0 radical (unpaired) electrons. The maximum atomic E-state index is 6.44. The zero-order valence-electron chi connectivity index (χ0n) is 5.66. The second-order valence-corrected chi connectivity index (χ2v) is 1.95. The van der Waals surface area contributed by atoms with Crippen molar-refractivity contribution in [1.82, 2.24) is 0 Å². The van der Waals surface area contributed by atoms with E-state index in [1.807, 2.05) is 25.1 Å². The van der Waals surface area contributed by atoms with Crippen molar-refractivity contribution < 1.29 is 4.84 Å². The minimum Gasteiger partial charge on any atom is -0.340 e. The van der Waals surface area contributed by atoms with Crippen LogP contribution >= 0.6 is 0 Å². The average molecular weight is 136 g/mol. The molecule has 1 N–H and O–H groups in total. The molecule has 0 saturated heterocycles. The van der Waals surface area contributed by atoms with E-state index in [0.29, 0.717) is 5.75 Å². The van der Waals surface area contributed by atoms with E-state index in [9.17, 15) is 0 Å². The molecule has 0 fully saturated rings. The fraction of sp³-hybridized carbons (Fsp3) is 0.143. The van der Waals surface area contributed by atoms with Gasteiger partial charge in [0, 0.05) is 5.28 Å². The minimum atomic E-state index is 0.637. The predicted octanol–water partition coefficient (Wildman–Crippen LogP) is 2.32. The summed E-state index contributed by atoms with van der Waals surface area (Å²) in [6.45, 7) is 1.90. The Morgan fingerprint density at radius 2 is 2.10 bits per heavy atom. The topological polar surface area (TPSA) is 45.4 Å². The van der Waals surface area contributed by atoms with E-state index in [4.69, 9.17) is 5.53 Å². The molecule has 0 saturated carbocycles.